The number of nitrogens with two attached hydrogens (primary N) is 1. The molecule has 7 nitrogen and oxygen atoms in total. The molecule has 0 bridgehead atoms. The fourth-order valence-electron chi connectivity index (χ4n) is 1.53. The molecule has 4 N–H and O–H groups in total. The van der Waals surface area contributed by atoms with Crippen molar-refractivity contribution in [3.63, 3.8) is 0 Å². The zero-order valence-corrected chi connectivity index (χ0v) is 10.4. The van der Waals surface area contributed by atoms with Crippen LogP contribution in [0, 0.1) is 0 Å². The third-order valence-electron chi connectivity index (χ3n) is 2.45. The van der Waals surface area contributed by atoms with E-state index in [1.165, 1.54) is 0 Å². The first kappa shape index (κ1) is 12.7. The summed E-state index contributed by atoms with van der Waals surface area (Å²) >= 11 is 0. The lowest BCUT2D eigenvalue weighted by Gasteiger charge is -2.08. The summed E-state index contributed by atoms with van der Waals surface area (Å²) in [5.74, 6) is 0.462. The van der Waals surface area contributed by atoms with Gasteiger partial charge in [0.2, 0.25) is 5.95 Å². The van der Waals surface area contributed by atoms with Crippen molar-refractivity contribution in [1.82, 2.24) is 15.0 Å². The highest BCUT2D eigenvalue weighted by atomic mass is 16.1. The van der Waals surface area contributed by atoms with Crippen LogP contribution >= 0.6 is 0 Å². The van der Waals surface area contributed by atoms with Gasteiger partial charge in [0.15, 0.2) is 0 Å². The SMILES string of the molecule is CNc1nccc(CNc2ncccc2C(N)=O)n1. The van der Waals surface area contributed by atoms with Crippen molar-refractivity contribution in [3.05, 3.63) is 41.9 Å². The van der Waals surface area contributed by atoms with Crippen LogP contribution in [0.3, 0.4) is 0 Å². The summed E-state index contributed by atoms with van der Waals surface area (Å²) in [6, 6.07) is 5.06. The summed E-state index contributed by atoms with van der Waals surface area (Å²) in [6.07, 6.45) is 3.25. The lowest BCUT2D eigenvalue weighted by atomic mass is 10.2. The number of nitrogens with one attached hydrogen (secondary N) is 2. The first-order chi connectivity index (χ1) is 9.20. The van der Waals surface area contributed by atoms with Crippen LogP contribution in [0.2, 0.25) is 0 Å². The Morgan fingerprint density at radius 1 is 1.32 bits per heavy atom. The van der Waals surface area contributed by atoms with Gasteiger partial charge in [0.05, 0.1) is 17.8 Å². The molecular weight excluding hydrogens is 244 g/mol. The Hall–Kier alpha value is -2.70. The van der Waals surface area contributed by atoms with Crippen molar-refractivity contribution in [2.24, 2.45) is 5.73 Å². The minimum Gasteiger partial charge on any atom is -0.365 e. The summed E-state index contributed by atoms with van der Waals surface area (Å²) < 4.78 is 0. The van der Waals surface area contributed by atoms with E-state index in [4.69, 9.17) is 5.73 Å². The molecule has 0 aliphatic rings. The number of pyridine rings is 1. The molecule has 0 saturated heterocycles. The van der Waals surface area contributed by atoms with Gasteiger partial charge in [0.1, 0.15) is 5.82 Å². The number of hydrogen-bond acceptors (Lipinski definition) is 6. The van der Waals surface area contributed by atoms with Gasteiger partial charge in [-0.2, -0.15) is 0 Å². The smallest absolute Gasteiger partial charge is 0.252 e. The van der Waals surface area contributed by atoms with Gasteiger partial charge in [-0.05, 0) is 18.2 Å². The maximum Gasteiger partial charge on any atom is 0.252 e. The molecule has 98 valence electrons. The molecule has 0 aromatic carbocycles. The summed E-state index contributed by atoms with van der Waals surface area (Å²) in [5.41, 5.74) is 6.41. The number of carbonyl (C=O) groups is 1. The van der Waals surface area contributed by atoms with Gasteiger partial charge in [-0.25, -0.2) is 15.0 Å². The Labute approximate surface area is 110 Å². The largest absolute Gasteiger partial charge is 0.365 e. The Bertz CT molecular complexity index is 586. The molecule has 0 saturated carbocycles. The first-order valence-corrected chi connectivity index (χ1v) is 5.69. The molecule has 0 aliphatic carbocycles. The predicted molar refractivity (Wildman–Crippen MR) is 71.7 cm³/mol. The lowest BCUT2D eigenvalue weighted by molar-refractivity contribution is 0.100. The maximum absolute atomic E-state index is 11.2. The Morgan fingerprint density at radius 3 is 2.89 bits per heavy atom. The number of nitrogens with zero attached hydrogens (tertiary/aromatic N) is 3. The van der Waals surface area contributed by atoms with Crippen LogP contribution in [0.5, 0.6) is 0 Å². The fourth-order valence-corrected chi connectivity index (χ4v) is 1.53. The van der Waals surface area contributed by atoms with Crippen molar-refractivity contribution in [2.45, 2.75) is 6.54 Å². The predicted octanol–water partition coefficient (Wildman–Crippen LogP) is 0.624. The van der Waals surface area contributed by atoms with Crippen LogP contribution in [0.25, 0.3) is 0 Å². The van der Waals surface area contributed by atoms with Crippen LogP contribution in [-0.2, 0) is 6.54 Å². The van der Waals surface area contributed by atoms with E-state index in [0.29, 0.717) is 23.9 Å². The van der Waals surface area contributed by atoms with E-state index in [1.807, 2.05) is 0 Å². The van der Waals surface area contributed by atoms with Crippen LogP contribution in [0.15, 0.2) is 30.6 Å². The molecule has 7 heteroatoms. The average molecular weight is 258 g/mol. The van der Waals surface area contributed by atoms with E-state index >= 15 is 0 Å². The van der Waals surface area contributed by atoms with Gasteiger partial charge < -0.3 is 16.4 Å². The second-order valence-corrected chi connectivity index (χ2v) is 3.74. The third-order valence-corrected chi connectivity index (χ3v) is 2.45. The Kier molecular flexibility index (Phi) is 3.87. The molecule has 2 heterocycles. The van der Waals surface area contributed by atoms with Crippen molar-refractivity contribution >= 4 is 17.7 Å². The number of hydrogen-bond donors (Lipinski definition) is 3. The number of aromatic nitrogens is 3. The van der Waals surface area contributed by atoms with Gasteiger partial charge in [-0.3, -0.25) is 4.79 Å². The molecule has 0 spiro atoms. The van der Waals surface area contributed by atoms with Crippen molar-refractivity contribution in [3.8, 4) is 0 Å². The van der Waals surface area contributed by atoms with E-state index < -0.39 is 5.91 Å². The molecule has 0 atom stereocenters. The summed E-state index contributed by atoms with van der Waals surface area (Å²) in [5, 5.41) is 5.89. The molecule has 0 unspecified atom stereocenters. The minimum atomic E-state index is -0.519. The molecule has 0 radical (unpaired) electrons. The van der Waals surface area contributed by atoms with Crippen LogP contribution in [0.1, 0.15) is 16.1 Å². The second-order valence-electron chi connectivity index (χ2n) is 3.74. The van der Waals surface area contributed by atoms with Crippen LogP contribution < -0.4 is 16.4 Å². The molecule has 0 fully saturated rings. The quantitative estimate of drug-likeness (QED) is 0.726. The third kappa shape index (κ3) is 3.15. The minimum absolute atomic E-state index is 0.352. The fraction of sp³-hybridized carbons (Fsp3) is 0.167. The van der Waals surface area contributed by atoms with Crippen LogP contribution in [-0.4, -0.2) is 27.9 Å². The summed E-state index contributed by atoms with van der Waals surface area (Å²) in [7, 11) is 1.75. The molecular formula is C12H14N6O. The molecule has 2 aromatic heterocycles. The number of rotatable bonds is 5. The molecule has 2 aromatic rings. The standard InChI is InChI=1S/C12H14N6O/c1-14-12-16-6-4-8(18-12)7-17-11-9(10(13)19)3-2-5-15-11/h2-6H,7H2,1H3,(H2,13,19)(H,15,17)(H,14,16,18). The molecule has 1 amide bonds. The summed E-state index contributed by atoms with van der Waals surface area (Å²) in [4.78, 5) is 23.6. The molecule has 19 heavy (non-hydrogen) atoms. The normalized spacial score (nSPS) is 9.95. The average Bonchev–Trinajstić information content (AvgIpc) is 2.45. The Morgan fingerprint density at radius 2 is 2.16 bits per heavy atom. The van der Waals surface area contributed by atoms with E-state index in [2.05, 4.69) is 25.6 Å². The number of anilines is 2. The van der Waals surface area contributed by atoms with Crippen molar-refractivity contribution in [2.75, 3.05) is 17.7 Å². The first-order valence-electron chi connectivity index (χ1n) is 5.69. The van der Waals surface area contributed by atoms with E-state index in [1.54, 1.807) is 37.6 Å². The number of amides is 1. The van der Waals surface area contributed by atoms with Crippen molar-refractivity contribution < 1.29 is 4.79 Å². The van der Waals surface area contributed by atoms with E-state index in [-0.39, 0.29) is 0 Å². The highest BCUT2D eigenvalue weighted by Gasteiger charge is 2.08. The maximum atomic E-state index is 11.2. The van der Waals surface area contributed by atoms with Crippen LogP contribution in [0.4, 0.5) is 11.8 Å². The van der Waals surface area contributed by atoms with Gasteiger partial charge in [0.25, 0.3) is 5.91 Å². The highest BCUT2D eigenvalue weighted by molar-refractivity contribution is 5.97. The molecule has 2 rings (SSSR count). The van der Waals surface area contributed by atoms with Crippen molar-refractivity contribution in [1.29, 1.82) is 0 Å². The van der Waals surface area contributed by atoms with Gasteiger partial charge in [0, 0.05) is 19.4 Å². The van der Waals surface area contributed by atoms with Gasteiger partial charge in [-0.15, -0.1) is 0 Å². The zero-order valence-electron chi connectivity index (χ0n) is 10.4. The van der Waals surface area contributed by atoms with Gasteiger partial charge >= 0.3 is 0 Å². The highest BCUT2D eigenvalue weighted by Crippen LogP contribution is 2.11. The monoisotopic (exact) mass is 258 g/mol. The zero-order chi connectivity index (χ0) is 13.7. The Balaban J connectivity index is 2.12. The van der Waals surface area contributed by atoms with E-state index in [0.717, 1.165) is 5.69 Å². The van der Waals surface area contributed by atoms with Gasteiger partial charge in [-0.1, -0.05) is 0 Å². The summed E-state index contributed by atoms with van der Waals surface area (Å²) in [6.45, 7) is 0.425. The second kappa shape index (κ2) is 5.76. The molecule has 0 aliphatic heterocycles. The van der Waals surface area contributed by atoms with E-state index in [9.17, 15) is 4.79 Å². The number of carbonyl (C=O) groups excluding carboxylic acids is 1. The number of primary amides is 1. The topological polar surface area (TPSA) is 106 Å². The lowest BCUT2D eigenvalue weighted by Crippen LogP contribution is -2.15.